The molecule has 0 N–H and O–H groups in total. The van der Waals surface area contributed by atoms with Gasteiger partial charge in [-0.1, -0.05) is 20.8 Å². The molecule has 0 nitrogen and oxygen atoms in total. The zero-order valence-electron chi connectivity index (χ0n) is 8.85. The van der Waals surface area contributed by atoms with Crippen LogP contribution in [-0.2, 0) is 32.7 Å². The average molecular weight is 250 g/mol. The van der Waals surface area contributed by atoms with Crippen molar-refractivity contribution >= 4 is 0 Å². The Labute approximate surface area is 107 Å². The predicted molar refractivity (Wildman–Crippen MR) is 53.7 cm³/mol. The quantitative estimate of drug-likeness (QED) is 0.623. The van der Waals surface area contributed by atoms with Crippen LogP contribution in [0.3, 0.4) is 0 Å². The van der Waals surface area contributed by atoms with E-state index in [9.17, 15) is 0 Å². The maximum atomic E-state index is 3.98. The van der Waals surface area contributed by atoms with Crippen LogP contribution >= 0.6 is 0 Å². The smallest absolute Gasteiger partial charge is 0 e. The van der Waals surface area contributed by atoms with E-state index in [0.29, 0.717) is 5.41 Å². The van der Waals surface area contributed by atoms with Crippen LogP contribution in [0.5, 0.6) is 0 Å². The van der Waals surface area contributed by atoms with Gasteiger partial charge < -0.3 is 0 Å². The van der Waals surface area contributed by atoms with Gasteiger partial charge in [-0.2, -0.15) is 29.9 Å². The Hall–Kier alpha value is 0.324. The summed E-state index contributed by atoms with van der Waals surface area (Å²) in [6, 6.07) is 0. The maximum Gasteiger partial charge on any atom is 0 e. The van der Waals surface area contributed by atoms with Crippen LogP contribution in [0.25, 0.3) is 0 Å². The molecule has 1 rings (SSSR count). The normalized spacial score (nSPS) is 21.2. The van der Waals surface area contributed by atoms with E-state index < -0.39 is 0 Å². The van der Waals surface area contributed by atoms with E-state index in [4.69, 9.17) is 0 Å². The fourth-order valence-corrected chi connectivity index (χ4v) is 1.77. The van der Waals surface area contributed by atoms with Crippen LogP contribution in [0, 0.1) is 11.5 Å². The first kappa shape index (κ1) is 13.3. The van der Waals surface area contributed by atoms with Crippen molar-refractivity contribution < 1.29 is 32.7 Å². The third-order valence-electron chi connectivity index (χ3n) is 2.07. The van der Waals surface area contributed by atoms with Crippen molar-refractivity contribution in [2.75, 3.05) is 0 Å². The Morgan fingerprint density at radius 1 is 1.38 bits per heavy atom. The first-order valence-electron chi connectivity index (χ1n) is 4.47. The van der Waals surface area contributed by atoms with Crippen molar-refractivity contribution in [2.45, 2.75) is 33.6 Å². The molecule has 0 fully saturated rings. The molecule has 13 heavy (non-hydrogen) atoms. The molecule has 0 aromatic rings. The van der Waals surface area contributed by atoms with E-state index in [1.165, 1.54) is 5.57 Å². The zero-order valence-corrected chi connectivity index (χ0v) is 11.7. The van der Waals surface area contributed by atoms with Gasteiger partial charge in [-0.05, 0) is 18.3 Å². The monoisotopic (exact) mass is 250 g/mol. The minimum Gasteiger partial charge on any atom is -0.191 e. The van der Waals surface area contributed by atoms with E-state index in [1.54, 1.807) is 0 Å². The average Bonchev–Trinajstić information content (AvgIpc) is 1.82. The summed E-state index contributed by atoms with van der Waals surface area (Å²) < 4.78 is 0. The second kappa shape index (κ2) is 5.27. The van der Waals surface area contributed by atoms with Gasteiger partial charge in [0.15, 0.2) is 0 Å². The predicted octanol–water partition coefficient (Wildman–Crippen LogP) is 3.67. The molecule has 0 saturated carbocycles. The fourth-order valence-electron chi connectivity index (χ4n) is 1.77. The molecule has 0 heterocycles. The number of allylic oxidation sites excluding steroid dienone is 5. The summed E-state index contributed by atoms with van der Waals surface area (Å²) in [7, 11) is 0. The Balaban J connectivity index is 0.00000144. The summed E-state index contributed by atoms with van der Waals surface area (Å²) in [4.78, 5) is 0. The van der Waals surface area contributed by atoms with Gasteiger partial charge in [0.1, 0.15) is 0 Å². The minimum atomic E-state index is 0. The molecule has 1 radical (unpaired) electrons. The second-order valence-electron chi connectivity index (χ2n) is 4.27. The van der Waals surface area contributed by atoms with Crippen molar-refractivity contribution in [3.63, 3.8) is 0 Å². The Morgan fingerprint density at radius 2 is 2.00 bits per heavy atom. The number of hydrogen-bond acceptors (Lipinski definition) is 0. The largest absolute Gasteiger partial charge is 0.191 e. The molecule has 0 aromatic carbocycles. The molecule has 69 valence electrons. The van der Waals surface area contributed by atoms with Crippen molar-refractivity contribution in [1.29, 1.82) is 0 Å². The second-order valence-corrected chi connectivity index (χ2v) is 4.27. The van der Waals surface area contributed by atoms with Crippen LogP contribution in [0.2, 0.25) is 0 Å². The molecule has 0 unspecified atom stereocenters. The topological polar surface area (TPSA) is 0 Å². The van der Waals surface area contributed by atoms with Gasteiger partial charge in [-0.15, -0.1) is 6.08 Å². The maximum absolute atomic E-state index is 3.98. The van der Waals surface area contributed by atoms with Gasteiger partial charge in [-0.25, -0.2) is 0 Å². The summed E-state index contributed by atoms with van der Waals surface area (Å²) in [5.74, 6) is 0. The van der Waals surface area contributed by atoms with Crippen LogP contribution in [0.15, 0.2) is 29.9 Å². The van der Waals surface area contributed by atoms with Gasteiger partial charge in [0, 0.05) is 32.7 Å². The molecule has 1 aliphatic rings. The van der Waals surface area contributed by atoms with Crippen LogP contribution in [0.4, 0.5) is 0 Å². The molecular formula is C12H17Y-. The van der Waals surface area contributed by atoms with Crippen LogP contribution in [-0.4, -0.2) is 0 Å². The molecule has 0 bridgehead atoms. The first-order chi connectivity index (χ1) is 5.53. The summed E-state index contributed by atoms with van der Waals surface area (Å²) in [5.41, 5.74) is 2.80. The van der Waals surface area contributed by atoms with Crippen molar-refractivity contribution in [2.24, 2.45) is 5.41 Å². The van der Waals surface area contributed by atoms with E-state index in [2.05, 4.69) is 38.7 Å². The van der Waals surface area contributed by atoms with E-state index in [1.807, 2.05) is 6.92 Å². The fraction of sp³-hybridized carbons (Fsp3) is 0.500. The van der Waals surface area contributed by atoms with Gasteiger partial charge in [0.2, 0.25) is 0 Å². The zero-order chi connectivity index (χ0) is 9.19. The molecule has 0 spiro atoms. The Kier molecular flexibility index (Phi) is 5.40. The molecular weight excluding hydrogens is 233 g/mol. The van der Waals surface area contributed by atoms with E-state index in [-0.39, 0.29) is 32.7 Å². The van der Waals surface area contributed by atoms with Gasteiger partial charge in [0.25, 0.3) is 0 Å². The van der Waals surface area contributed by atoms with Crippen molar-refractivity contribution in [1.82, 2.24) is 0 Å². The number of rotatable bonds is 1. The summed E-state index contributed by atoms with van der Waals surface area (Å²) in [6.45, 7) is 10.6. The third kappa shape index (κ3) is 4.38. The van der Waals surface area contributed by atoms with Gasteiger partial charge >= 0.3 is 0 Å². The van der Waals surface area contributed by atoms with Crippen LogP contribution < -0.4 is 0 Å². The van der Waals surface area contributed by atoms with E-state index in [0.717, 1.165) is 18.4 Å². The minimum absolute atomic E-state index is 0. The molecule has 0 saturated heterocycles. The summed E-state index contributed by atoms with van der Waals surface area (Å²) in [6.07, 6.45) is 9.70. The molecule has 1 aliphatic carbocycles. The molecule has 0 aliphatic heterocycles. The standard InChI is InChI=1S/C12H17.Y/c1-5-6-11-7-10(2)8-12(3,4)9-11;/h5-6H,2,8-9H2,1,3-4H3;/q-1;. The molecule has 0 atom stereocenters. The SMILES string of the molecule is C=C1[C-]=C(C=CC)CC(C)(C)C1.[Y]. The molecule has 1 heteroatoms. The van der Waals surface area contributed by atoms with E-state index >= 15 is 0 Å². The summed E-state index contributed by atoms with van der Waals surface area (Å²) >= 11 is 0. The van der Waals surface area contributed by atoms with Crippen LogP contribution in [0.1, 0.15) is 33.6 Å². The van der Waals surface area contributed by atoms with Crippen molar-refractivity contribution in [3.8, 4) is 0 Å². The number of hydrogen-bond donors (Lipinski definition) is 0. The molecule has 0 amide bonds. The van der Waals surface area contributed by atoms with Gasteiger partial charge in [0.05, 0.1) is 0 Å². The summed E-state index contributed by atoms with van der Waals surface area (Å²) in [5, 5.41) is 0. The Morgan fingerprint density at radius 3 is 2.46 bits per heavy atom. The third-order valence-corrected chi connectivity index (χ3v) is 2.07. The van der Waals surface area contributed by atoms with Gasteiger partial charge in [-0.3, -0.25) is 0 Å². The van der Waals surface area contributed by atoms with Crippen molar-refractivity contribution in [3.05, 3.63) is 36.0 Å². The Bertz CT molecular complexity index is 244. The molecule has 0 aromatic heterocycles. The first-order valence-corrected chi connectivity index (χ1v) is 4.47.